The quantitative estimate of drug-likeness (QED) is 0.681. The summed E-state index contributed by atoms with van der Waals surface area (Å²) in [5.74, 6) is -0.419. The number of carbonyl (C=O) groups is 1. The van der Waals surface area contributed by atoms with Crippen molar-refractivity contribution in [1.82, 2.24) is 4.31 Å². The molecule has 0 heterocycles. The first-order valence-corrected chi connectivity index (χ1v) is 10.4. The van der Waals surface area contributed by atoms with Gasteiger partial charge < -0.3 is 10.1 Å². The smallest absolute Gasteiger partial charge is 0.247 e. The fourth-order valence-electron chi connectivity index (χ4n) is 2.20. The molecule has 6 nitrogen and oxygen atoms in total. The molecule has 0 unspecified atom stereocenters. The molecule has 0 bridgehead atoms. The first-order chi connectivity index (χ1) is 12.6. The molecule has 2 aromatic carbocycles. The van der Waals surface area contributed by atoms with Gasteiger partial charge in [-0.2, -0.15) is 4.31 Å². The van der Waals surface area contributed by atoms with E-state index in [4.69, 9.17) is 39.5 Å². The Bertz CT molecular complexity index is 951. The summed E-state index contributed by atoms with van der Waals surface area (Å²) in [6, 6.07) is 8.85. The summed E-state index contributed by atoms with van der Waals surface area (Å²) in [4.78, 5) is 12.1. The van der Waals surface area contributed by atoms with Crippen molar-refractivity contribution in [2.45, 2.75) is 11.8 Å². The van der Waals surface area contributed by atoms with Gasteiger partial charge in [0.15, 0.2) is 0 Å². The Balaban J connectivity index is 2.21. The average Bonchev–Trinajstić information content (AvgIpc) is 2.59. The Morgan fingerprint density at radius 3 is 2.41 bits per heavy atom. The number of hydrogen-bond acceptors (Lipinski definition) is 4. The van der Waals surface area contributed by atoms with E-state index in [2.05, 4.69) is 5.32 Å². The minimum Gasteiger partial charge on any atom is -0.492 e. The van der Waals surface area contributed by atoms with E-state index in [1.807, 2.05) is 0 Å². The lowest BCUT2D eigenvalue weighted by Gasteiger charge is -2.19. The first kappa shape index (κ1) is 21.8. The van der Waals surface area contributed by atoms with Gasteiger partial charge in [-0.15, -0.1) is 0 Å². The normalized spacial score (nSPS) is 11.5. The summed E-state index contributed by atoms with van der Waals surface area (Å²) in [5.41, 5.74) is 0.290. The molecule has 27 heavy (non-hydrogen) atoms. The third-order valence-corrected chi connectivity index (χ3v) is 6.09. The molecule has 0 radical (unpaired) electrons. The van der Waals surface area contributed by atoms with Crippen molar-refractivity contribution >= 4 is 56.4 Å². The number of halogens is 3. The van der Waals surface area contributed by atoms with E-state index in [0.717, 1.165) is 4.31 Å². The summed E-state index contributed by atoms with van der Waals surface area (Å²) in [5, 5.41) is 3.44. The predicted molar refractivity (Wildman–Crippen MR) is 108 cm³/mol. The van der Waals surface area contributed by atoms with Crippen molar-refractivity contribution in [1.29, 1.82) is 0 Å². The van der Waals surface area contributed by atoms with Crippen LogP contribution in [0.1, 0.15) is 6.92 Å². The van der Waals surface area contributed by atoms with Gasteiger partial charge >= 0.3 is 0 Å². The molecule has 0 saturated heterocycles. The zero-order valence-corrected chi connectivity index (χ0v) is 17.6. The average molecular weight is 452 g/mol. The predicted octanol–water partition coefficient (Wildman–Crippen LogP) is 4.30. The van der Waals surface area contributed by atoms with Crippen LogP contribution in [0.25, 0.3) is 0 Å². The second-order valence-electron chi connectivity index (χ2n) is 5.46. The van der Waals surface area contributed by atoms with Crippen LogP contribution in [0.3, 0.4) is 0 Å². The van der Waals surface area contributed by atoms with Crippen LogP contribution in [-0.4, -0.2) is 38.8 Å². The van der Waals surface area contributed by atoms with E-state index in [9.17, 15) is 13.2 Å². The number of hydrogen-bond donors (Lipinski definition) is 1. The highest BCUT2D eigenvalue weighted by Crippen LogP contribution is 2.30. The van der Waals surface area contributed by atoms with Crippen molar-refractivity contribution in [3.05, 3.63) is 51.5 Å². The molecule has 0 aliphatic heterocycles. The number of nitrogens with one attached hydrogen (secondary N) is 1. The van der Waals surface area contributed by atoms with Crippen LogP contribution in [-0.2, 0) is 14.8 Å². The summed E-state index contributed by atoms with van der Waals surface area (Å²) in [6.07, 6.45) is 0. The lowest BCUT2D eigenvalue weighted by Crippen LogP contribution is -2.35. The molecule has 0 aliphatic carbocycles. The largest absolute Gasteiger partial charge is 0.492 e. The maximum absolute atomic E-state index is 12.8. The number of carbonyl (C=O) groups excluding carboxylic acids is 1. The van der Waals surface area contributed by atoms with Crippen LogP contribution in [0.4, 0.5) is 5.69 Å². The third-order valence-electron chi connectivity index (χ3n) is 3.46. The summed E-state index contributed by atoms with van der Waals surface area (Å²) in [7, 11) is -2.73. The van der Waals surface area contributed by atoms with Crippen LogP contribution in [0.15, 0.2) is 41.3 Å². The van der Waals surface area contributed by atoms with Crippen LogP contribution >= 0.6 is 34.8 Å². The van der Waals surface area contributed by atoms with Crippen LogP contribution < -0.4 is 10.1 Å². The standard InChI is InChI=1S/C17H17Cl3N2O4S/c1-3-26-15-7-5-12(19)9-16(15)27(24,25)22(2)10-17(23)21-14-8-11(18)4-6-13(14)20/h4-9H,3,10H2,1-2H3,(H,21,23). The van der Waals surface area contributed by atoms with Crippen LogP contribution in [0.5, 0.6) is 5.75 Å². The molecule has 0 spiro atoms. The lowest BCUT2D eigenvalue weighted by molar-refractivity contribution is -0.116. The number of ether oxygens (including phenoxy) is 1. The topological polar surface area (TPSA) is 75.7 Å². The van der Waals surface area contributed by atoms with Crippen LogP contribution in [0.2, 0.25) is 15.1 Å². The molecule has 0 saturated carbocycles. The third kappa shape index (κ3) is 5.49. The minimum absolute atomic E-state index is 0.118. The van der Waals surface area contributed by atoms with Gasteiger partial charge in [0.1, 0.15) is 10.6 Å². The molecule has 1 amide bonds. The number of benzene rings is 2. The second kappa shape index (κ2) is 9.12. The number of sulfonamides is 1. The second-order valence-corrected chi connectivity index (χ2v) is 8.75. The Morgan fingerprint density at radius 2 is 1.74 bits per heavy atom. The molecular formula is C17H17Cl3N2O4S. The number of nitrogens with zero attached hydrogens (tertiary/aromatic N) is 1. The molecule has 0 aromatic heterocycles. The van der Waals surface area contributed by atoms with Gasteiger partial charge in [-0.25, -0.2) is 8.42 Å². The Hall–Kier alpha value is -1.51. The number of likely N-dealkylation sites (N-methyl/N-ethyl adjacent to an activating group) is 1. The van der Waals surface area contributed by atoms with Crippen molar-refractivity contribution in [3.8, 4) is 5.75 Å². The van der Waals surface area contributed by atoms with Gasteiger partial charge in [-0.1, -0.05) is 34.8 Å². The Morgan fingerprint density at radius 1 is 1.11 bits per heavy atom. The molecule has 0 aliphatic rings. The van der Waals surface area contributed by atoms with E-state index in [1.54, 1.807) is 13.0 Å². The SMILES string of the molecule is CCOc1ccc(Cl)cc1S(=O)(=O)N(C)CC(=O)Nc1cc(Cl)ccc1Cl. The van der Waals surface area contributed by atoms with Gasteiger partial charge in [0.2, 0.25) is 15.9 Å². The zero-order chi connectivity index (χ0) is 20.2. The molecular weight excluding hydrogens is 435 g/mol. The molecule has 2 aromatic rings. The maximum Gasteiger partial charge on any atom is 0.247 e. The number of rotatable bonds is 7. The Labute approximate surface area is 173 Å². The molecule has 0 fully saturated rings. The molecule has 0 atom stereocenters. The zero-order valence-electron chi connectivity index (χ0n) is 14.5. The summed E-state index contributed by atoms with van der Waals surface area (Å²) in [6.45, 7) is 1.57. The monoisotopic (exact) mass is 450 g/mol. The van der Waals surface area contributed by atoms with Gasteiger partial charge in [-0.3, -0.25) is 4.79 Å². The first-order valence-electron chi connectivity index (χ1n) is 7.78. The van der Waals surface area contributed by atoms with Crippen molar-refractivity contribution in [2.75, 3.05) is 25.5 Å². The molecule has 2 rings (SSSR count). The van der Waals surface area contributed by atoms with Gasteiger partial charge in [0.25, 0.3) is 0 Å². The van der Waals surface area contributed by atoms with E-state index >= 15 is 0 Å². The summed E-state index contributed by atoms with van der Waals surface area (Å²) < 4.78 is 32.0. The fourth-order valence-corrected chi connectivity index (χ4v) is 4.05. The number of anilines is 1. The van der Waals surface area contributed by atoms with E-state index in [0.29, 0.717) is 5.02 Å². The van der Waals surface area contributed by atoms with Crippen LogP contribution in [0, 0.1) is 0 Å². The molecule has 10 heteroatoms. The minimum atomic E-state index is -4.02. The van der Waals surface area contributed by atoms with E-state index in [1.165, 1.54) is 37.4 Å². The van der Waals surface area contributed by atoms with Gasteiger partial charge in [-0.05, 0) is 43.3 Å². The maximum atomic E-state index is 12.8. The fraction of sp³-hybridized carbons (Fsp3) is 0.235. The highest BCUT2D eigenvalue weighted by molar-refractivity contribution is 7.89. The van der Waals surface area contributed by atoms with Crippen molar-refractivity contribution < 1.29 is 17.9 Å². The number of amides is 1. The van der Waals surface area contributed by atoms with Gasteiger partial charge in [0, 0.05) is 17.1 Å². The Kier molecular flexibility index (Phi) is 7.36. The highest BCUT2D eigenvalue weighted by Gasteiger charge is 2.27. The van der Waals surface area contributed by atoms with E-state index < -0.39 is 22.5 Å². The molecule has 1 N–H and O–H groups in total. The highest BCUT2D eigenvalue weighted by atomic mass is 35.5. The van der Waals surface area contributed by atoms with Crippen molar-refractivity contribution in [2.24, 2.45) is 0 Å². The van der Waals surface area contributed by atoms with Crippen molar-refractivity contribution in [3.63, 3.8) is 0 Å². The molecule has 146 valence electrons. The lowest BCUT2D eigenvalue weighted by atomic mass is 10.3. The van der Waals surface area contributed by atoms with E-state index in [-0.39, 0.29) is 33.0 Å². The van der Waals surface area contributed by atoms with Gasteiger partial charge in [0.05, 0.1) is 23.9 Å². The summed E-state index contributed by atoms with van der Waals surface area (Å²) >= 11 is 17.8.